The minimum absolute atomic E-state index is 0.0759. The van der Waals surface area contributed by atoms with E-state index >= 15 is 0 Å². The van der Waals surface area contributed by atoms with Crippen LogP contribution in [0.2, 0.25) is 0 Å². The molecule has 0 atom stereocenters. The monoisotopic (exact) mass is 400 g/mol. The van der Waals surface area contributed by atoms with Crippen molar-refractivity contribution in [1.29, 1.82) is 0 Å². The molecule has 0 saturated heterocycles. The molecule has 0 bridgehead atoms. The van der Waals surface area contributed by atoms with Gasteiger partial charge in [-0.3, -0.25) is 9.59 Å². The van der Waals surface area contributed by atoms with Crippen molar-refractivity contribution < 1.29 is 23.8 Å². The van der Waals surface area contributed by atoms with Crippen molar-refractivity contribution in [2.45, 2.75) is 26.2 Å². The minimum atomic E-state index is -0.462. The molecular formula is C22H28N2O5. The second-order valence-electron chi connectivity index (χ2n) is 6.29. The third-order valence-electron chi connectivity index (χ3n) is 4.20. The standard InChI is InChI=1S/C22H28N2O5/c1-3-28-17-10-12-18(13-11-17)29-16-6-9-22(26)24(15-14-21(23)25)19-7-4-5-8-20(19)27-2/h4-5,7-8,10-13H,3,6,9,14-16H2,1-2H3,(H2,23,25). The molecule has 2 aromatic rings. The first-order chi connectivity index (χ1) is 14.0. The fraction of sp³-hybridized carbons (Fsp3) is 0.364. The maximum absolute atomic E-state index is 12.8. The molecule has 0 heterocycles. The lowest BCUT2D eigenvalue weighted by Crippen LogP contribution is -2.34. The Morgan fingerprint density at radius 1 is 0.966 bits per heavy atom. The Kier molecular flexibility index (Phi) is 8.82. The van der Waals surface area contributed by atoms with Crippen molar-refractivity contribution in [1.82, 2.24) is 0 Å². The number of ether oxygens (including phenoxy) is 3. The van der Waals surface area contributed by atoms with Crippen molar-refractivity contribution >= 4 is 17.5 Å². The fourth-order valence-electron chi connectivity index (χ4n) is 2.80. The molecule has 7 heteroatoms. The molecule has 0 aliphatic carbocycles. The largest absolute Gasteiger partial charge is 0.495 e. The summed E-state index contributed by atoms with van der Waals surface area (Å²) in [6, 6.07) is 14.6. The van der Waals surface area contributed by atoms with E-state index < -0.39 is 5.91 Å². The molecule has 2 N–H and O–H groups in total. The number of carbonyl (C=O) groups excluding carboxylic acids is 2. The average Bonchev–Trinajstić information content (AvgIpc) is 2.73. The zero-order valence-electron chi connectivity index (χ0n) is 16.9. The summed E-state index contributed by atoms with van der Waals surface area (Å²) in [6.07, 6.45) is 0.884. The Morgan fingerprint density at radius 3 is 2.24 bits per heavy atom. The van der Waals surface area contributed by atoms with Crippen LogP contribution in [0.4, 0.5) is 5.69 Å². The maximum atomic E-state index is 12.8. The van der Waals surface area contributed by atoms with Crippen LogP contribution < -0.4 is 24.8 Å². The molecule has 2 amide bonds. The molecule has 0 unspecified atom stereocenters. The van der Waals surface area contributed by atoms with Gasteiger partial charge < -0.3 is 24.8 Å². The molecule has 0 aromatic heterocycles. The number of primary amides is 1. The van der Waals surface area contributed by atoms with Crippen LogP contribution in [0.5, 0.6) is 17.2 Å². The number of carbonyl (C=O) groups is 2. The first-order valence-electron chi connectivity index (χ1n) is 9.62. The lowest BCUT2D eigenvalue weighted by molar-refractivity contribution is -0.119. The van der Waals surface area contributed by atoms with Crippen molar-refractivity contribution in [3.63, 3.8) is 0 Å². The second-order valence-corrected chi connectivity index (χ2v) is 6.29. The molecule has 0 saturated carbocycles. The SMILES string of the molecule is CCOc1ccc(OCCCC(=O)N(CCC(N)=O)c2ccccc2OC)cc1. The highest BCUT2D eigenvalue weighted by Gasteiger charge is 2.19. The number of para-hydroxylation sites is 2. The summed E-state index contributed by atoms with van der Waals surface area (Å²) in [7, 11) is 1.54. The Hall–Kier alpha value is -3.22. The molecule has 0 radical (unpaired) electrons. The average molecular weight is 400 g/mol. The van der Waals surface area contributed by atoms with Gasteiger partial charge in [0.25, 0.3) is 0 Å². The van der Waals surface area contributed by atoms with Crippen molar-refractivity contribution in [2.75, 3.05) is 31.8 Å². The van der Waals surface area contributed by atoms with E-state index in [1.54, 1.807) is 24.1 Å². The van der Waals surface area contributed by atoms with E-state index in [1.165, 1.54) is 0 Å². The summed E-state index contributed by atoms with van der Waals surface area (Å²) in [5.74, 6) is 1.49. The number of methoxy groups -OCH3 is 1. The number of nitrogens with zero attached hydrogens (tertiary/aromatic N) is 1. The predicted molar refractivity (Wildman–Crippen MR) is 111 cm³/mol. The molecule has 2 aromatic carbocycles. The smallest absolute Gasteiger partial charge is 0.227 e. The van der Waals surface area contributed by atoms with Gasteiger partial charge in [0, 0.05) is 19.4 Å². The summed E-state index contributed by atoms with van der Waals surface area (Å²) in [6.45, 7) is 3.14. The predicted octanol–water partition coefficient (Wildman–Crippen LogP) is 3.16. The second kappa shape index (κ2) is 11.6. The molecule has 0 spiro atoms. The Labute approximate surface area is 171 Å². The van der Waals surface area contributed by atoms with E-state index in [0.717, 1.165) is 11.5 Å². The fourth-order valence-corrected chi connectivity index (χ4v) is 2.80. The minimum Gasteiger partial charge on any atom is -0.495 e. The van der Waals surface area contributed by atoms with Gasteiger partial charge >= 0.3 is 0 Å². The van der Waals surface area contributed by atoms with Gasteiger partial charge in [-0.25, -0.2) is 0 Å². The number of hydrogen-bond donors (Lipinski definition) is 1. The summed E-state index contributed by atoms with van der Waals surface area (Å²) >= 11 is 0. The summed E-state index contributed by atoms with van der Waals surface area (Å²) in [4.78, 5) is 25.6. The summed E-state index contributed by atoms with van der Waals surface area (Å²) < 4.78 is 16.4. The van der Waals surface area contributed by atoms with Crippen LogP contribution in [0.25, 0.3) is 0 Å². The highest BCUT2D eigenvalue weighted by molar-refractivity contribution is 5.95. The van der Waals surface area contributed by atoms with Gasteiger partial charge in [-0.2, -0.15) is 0 Å². The Morgan fingerprint density at radius 2 is 1.62 bits per heavy atom. The molecule has 0 fully saturated rings. The van der Waals surface area contributed by atoms with Crippen LogP contribution >= 0.6 is 0 Å². The van der Waals surface area contributed by atoms with E-state index in [0.29, 0.717) is 31.1 Å². The number of hydrogen-bond acceptors (Lipinski definition) is 5. The van der Waals surface area contributed by atoms with E-state index in [9.17, 15) is 9.59 Å². The molecule has 0 aliphatic rings. The van der Waals surface area contributed by atoms with E-state index in [4.69, 9.17) is 19.9 Å². The van der Waals surface area contributed by atoms with Crippen molar-refractivity contribution in [3.8, 4) is 17.2 Å². The Bertz CT molecular complexity index is 792. The van der Waals surface area contributed by atoms with E-state index in [1.807, 2.05) is 43.3 Å². The van der Waals surface area contributed by atoms with E-state index in [-0.39, 0.29) is 25.3 Å². The van der Waals surface area contributed by atoms with Gasteiger partial charge in [0.2, 0.25) is 11.8 Å². The van der Waals surface area contributed by atoms with Gasteiger partial charge in [0.05, 0.1) is 26.0 Å². The van der Waals surface area contributed by atoms with Crippen LogP contribution in [0.15, 0.2) is 48.5 Å². The van der Waals surface area contributed by atoms with E-state index in [2.05, 4.69) is 0 Å². The van der Waals surface area contributed by atoms with Gasteiger partial charge in [0.15, 0.2) is 0 Å². The van der Waals surface area contributed by atoms with Gasteiger partial charge in [-0.15, -0.1) is 0 Å². The zero-order valence-corrected chi connectivity index (χ0v) is 16.9. The molecule has 0 aliphatic heterocycles. The van der Waals surface area contributed by atoms with Crippen molar-refractivity contribution in [2.24, 2.45) is 5.73 Å². The third-order valence-corrected chi connectivity index (χ3v) is 4.20. The summed E-state index contributed by atoms with van der Waals surface area (Å²) in [5.41, 5.74) is 5.89. The first-order valence-corrected chi connectivity index (χ1v) is 9.62. The molecular weight excluding hydrogens is 372 g/mol. The van der Waals surface area contributed by atoms with Crippen LogP contribution in [0, 0.1) is 0 Å². The third kappa shape index (κ3) is 7.03. The van der Waals surface area contributed by atoms with Gasteiger partial charge in [-0.05, 0) is 49.7 Å². The molecule has 7 nitrogen and oxygen atoms in total. The van der Waals surface area contributed by atoms with Gasteiger partial charge in [-0.1, -0.05) is 12.1 Å². The van der Waals surface area contributed by atoms with Gasteiger partial charge in [0.1, 0.15) is 17.2 Å². The molecule has 29 heavy (non-hydrogen) atoms. The lowest BCUT2D eigenvalue weighted by Gasteiger charge is -2.24. The van der Waals surface area contributed by atoms with Crippen LogP contribution in [0.3, 0.4) is 0 Å². The van der Waals surface area contributed by atoms with Crippen LogP contribution in [-0.4, -0.2) is 38.7 Å². The van der Waals surface area contributed by atoms with Crippen molar-refractivity contribution in [3.05, 3.63) is 48.5 Å². The van der Waals surface area contributed by atoms with Crippen LogP contribution in [-0.2, 0) is 9.59 Å². The maximum Gasteiger partial charge on any atom is 0.227 e. The highest BCUT2D eigenvalue weighted by Crippen LogP contribution is 2.28. The zero-order chi connectivity index (χ0) is 21.1. The number of anilines is 1. The number of nitrogens with two attached hydrogens (primary N) is 1. The first kappa shape index (κ1) is 22.1. The quantitative estimate of drug-likeness (QED) is 0.553. The number of amides is 2. The van der Waals surface area contributed by atoms with Crippen LogP contribution in [0.1, 0.15) is 26.2 Å². The lowest BCUT2D eigenvalue weighted by atomic mass is 10.2. The molecule has 156 valence electrons. The highest BCUT2D eigenvalue weighted by atomic mass is 16.5. The normalized spacial score (nSPS) is 10.3. The summed E-state index contributed by atoms with van der Waals surface area (Å²) in [5, 5.41) is 0. The Balaban J connectivity index is 1.92. The molecule has 2 rings (SSSR count). The number of rotatable bonds is 12. The topological polar surface area (TPSA) is 91.1 Å². The number of benzene rings is 2.